The lowest BCUT2D eigenvalue weighted by Crippen LogP contribution is -2.15. The number of ether oxygens (including phenoxy) is 3. The number of aromatic carboxylic acids is 1. The SMILES string of the molecule is COCc1nc(-c2cccc3c2OCCO3)oc1C(=O)O. The van der Waals surface area contributed by atoms with Crippen LogP contribution >= 0.6 is 0 Å². The van der Waals surface area contributed by atoms with Gasteiger partial charge in [0.1, 0.15) is 18.9 Å². The van der Waals surface area contributed by atoms with E-state index in [-0.39, 0.29) is 24.0 Å². The molecule has 0 bridgehead atoms. The molecule has 0 fully saturated rings. The van der Waals surface area contributed by atoms with E-state index in [0.29, 0.717) is 30.3 Å². The van der Waals surface area contributed by atoms with Gasteiger partial charge in [-0.1, -0.05) is 6.07 Å². The van der Waals surface area contributed by atoms with Crippen molar-refractivity contribution in [1.82, 2.24) is 4.98 Å². The Labute approximate surface area is 120 Å². The van der Waals surface area contributed by atoms with Gasteiger partial charge in [-0.15, -0.1) is 0 Å². The van der Waals surface area contributed by atoms with Gasteiger partial charge < -0.3 is 23.7 Å². The molecule has 7 nitrogen and oxygen atoms in total. The van der Waals surface area contributed by atoms with Crippen LogP contribution in [0.3, 0.4) is 0 Å². The van der Waals surface area contributed by atoms with Gasteiger partial charge in [0.15, 0.2) is 11.5 Å². The van der Waals surface area contributed by atoms with Crippen molar-refractivity contribution < 1.29 is 28.5 Å². The second-order valence-electron chi connectivity index (χ2n) is 4.36. The predicted molar refractivity (Wildman–Crippen MR) is 70.6 cm³/mol. The highest BCUT2D eigenvalue weighted by atomic mass is 16.6. The number of methoxy groups -OCH3 is 1. The Kier molecular flexibility index (Phi) is 3.49. The molecule has 3 rings (SSSR count). The van der Waals surface area contributed by atoms with Crippen LogP contribution in [0.4, 0.5) is 0 Å². The van der Waals surface area contributed by atoms with Crippen LogP contribution in [-0.2, 0) is 11.3 Å². The summed E-state index contributed by atoms with van der Waals surface area (Å²) < 4.78 is 21.4. The molecular weight excluding hydrogens is 278 g/mol. The number of hydrogen-bond acceptors (Lipinski definition) is 6. The molecule has 1 aromatic carbocycles. The lowest BCUT2D eigenvalue weighted by molar-refractivity contribution is 0.0656. The Morgan fingerprint density at radius 1 is 1.38 bits per heavy atom. The van der Waals surface area contributed by atoms with Crippen LogP contribution in [0.2, 0.25) is 0 Å². The lowest BCUT2D eigenvalue weighted by Gasteiger charge is -2.19. The standard InChI is InChI=1S/C14H13NO6/c1-18-7-9-12(14(16)17)21-13(15-9)8-3-2-4-10-11(8)20-6-5-19-10/h2-4H,5-7H2,1H3,(H,16,17). The maximum absolute atomic E-state index is 11.2. The molecule has 0 spiro atoms. The summed E-state index contributed by atoms with van der Waals surface area (Å²) >= 11 is 0. The summed E-state index contributed by atoms with van der Waals surface area (Å²) in [7, 11) is 1.46. The van der Waals surface area contributed by atoms with E-state index in [1.807, 2.05) is 0 Å². The summed E-state index contributed by atoms with van der Waals surface area (Å²) in [6.07, 6.45) is 0. The van der Waals surface area contributed by atoms with E-state index in [9.17, 15) is 4.79 Å². The molecule has 0 amide bonds. The molecule has 0 saturated heterocycles. The summed E-state index contributed by atoms with van der Waals surface area (Å²) in [5.41, 5.74) is 0.784. The van der Waals surface area contributed by atoms with Gasteiger partial charge in [0.25, 0.3) is 0 Å². The van der Waals surface area contributed by atoms with Crippen molar-refractivity contribution in [3.8, 4) is 23.0 Å². The minimum atomic E-state index is -1.19. The molecular formula is C14H13NO6. The van der Waals surface area contributed by atoms with Gasteiger partial charge in [0, 0.05) is 7.11 Å². The first-order valence-corrected chi connectivity index (χ1v) is 6.31. The van der Waals surface area contributed by atoms with E-state index < -0.39 is 5.97 Å². The number of oxazole rings is 1. The number of nitrogens with zero attached hydrogens (tertiary/aromatic N) is 1. The lowest BCUT2D eigenvalue weighted by atomic mass is 10.1. The highest BCUT2D eigenvalue weighted by Crippen LogP contribution is 2.39. The zero-order valence-corrected chi connectivity index (χ0v) is 11.3. The fourth-order valence-electron chi connectivity index (χ4n) is 2.11. The number of carboxylic acid groups (broad SMARTS) is 1. The zero-order valence-electron chi connectivity index (χ0n) is 11.3. The van der Waals surface area contributed by atoms with E-state index in [1.165, 1.54) is 7.11 Å². The number of benzene rings is 1. The molecule has 0 atom stereocenters. The number of rotatable bonds is 4. The summed E-state index contributed by atoms with van der Waals surface area (Å²) in [6.45, 7) is 0.941. The maximum atomic E-state index is 11.2. The van der Waals surface area contributed by atoms with Crippen LogP contribution in [0, 0.1) is 0 Å². The summed E-state index contributed by atoms with van der Waals surface area (Å²) in [5.74, 6) is -0.168. The zero-order chi connectivity index (χ0) is 14.8. The summed E-state index contributed by atoms with van der Waals surface area (Å²) in [6, 6.07) is 5.28. The third-order valence-electron chi connectivity index (χ3n) is 2.97. The Bertz CT molecular complexity index is 678. The fourth-order valence-corrected chi connectivity index (χ4v) is 2.11. The third-order valence-corrected chi connectivity index (χ3v) is 2.97. The van der Waals surface area contributed by atoms with Crippen molar-refractivity contribution in [1.29, 1.82) is 0 Å². The van der Waals surface area contributed by atoms with Crippen molar-refractivity contribution in [3.05, 3.63) is 29.7 Å². The molecule has 110 valence electrons. The van der Waals surface area contributed by atoms with Crippen molar-refractivity contribution in [2.75, 3.05) is 20.3 Å². The van der Waals surface area contributed by atoms with Crippen LogP contribution in [0.15, 0.2) is 22.6 Å². The van der Waals surface area contributed by atoms with Gasteiger partial charge >= 0.3 is 5.97 Å². The smallest absolute Gasteiger partial charge is 0.373 e. The van der Waals surface area contributed by atoms with Gasteiger partial charge in [0.2, 0.25) is 11.7 Å². The maximum Gasteiger partial charge on any atom is 0.373 e. The van der Waals surface area contributed by atoms with E-state index >= 15 is 0 Å². The van der Waals surface area contributed by atoms with Gasteiger partial charge in [-0.2, -0.15) is 0 Å². The second kappa shape index (κ2) is 5.45. The molecule has 2 aromatic rings. The molecule has 0 unspecified atom stereocenters. The largest absolute Gasteiger partial charge is 0.486 e. The number of carbonyl (C=O) groups is 1. The molecule has 21 heavy (non-hydrogen) atoms. The first-order chi connectivity index (χ1) is 10.2. The van der Waals surface area contributed by atoms with Crippen LogP contribution in [0.25, 0.3) is 11.5 Å². The Morgan fingerprint density at radius 2 is 2.19 bits per heavy atom. The number of aromatic nitrogens is 1. The first-order valence-electron chi connectivity index (χ1n) is 6.31. The van der Waals surface area contributed by atoms with Crippen molar-refractivity contribution in [3.63, 3.8) is 0 Å². The molecule has 1 aliphatic heterocycles. The average molecular weight is 291 g/mol. The monoisotopic (exact) mass is 291 g/mol. The van der Waals surface area contributed by atoms with E-state index in [2.05, 4.69) is 4.98 Å². The van der Waals surface area contributed by atoms with Gasteiger partial charge in [-0.05, 0) is 12.1 Å². The topological polar surface area (TPSA) is 91.0 Å². The molecule has 7 heteroatoms. The average Bonchev–Trinajstić information content (AvgIpc) is 2.91. The normalized spacial score (nSPS) is 13.2. The number of fused-ring (bicyclic) bond motifs is 1. The summed E-state index contributed by atoms with van der Waals surface area (Å²) in [5, 5.41) is 9.15. The van der Waals surface area contributed by atoms with Gasteiger partial charge in [0.05, 0.1) is 12.2 Å². The van der Waals surface area contributed by atoms with E-state index in [0.717, 1.165) is 0 Å². The number of para-hydroxylation sites is 1. The van der Waals surface area contributed by atoms with Crippen LogP contribution in [0.5, 0.6) is 11.5 Å². The van der Waals surface area contributed by atoms with Crippen LogP contribution in [-0.4, -0.2) is 36.4 Å². The Hall–Kier alpha value is -2.54. The minimum Gasteiger partial charge on any atom is -0.486 e. The first kappa shape index (κ1) is 13.4. The molecule has 1 aliphatic rings. The molecule has 1 N–H and O–H groups in total. The van der Waals surface area contributed by atoms with Crippen molar-refractivity contribution >= 4 is 5.97 Å². The number of carboxylic acids is 1. The second-order valence-corrected chi connectivity index (χ2v) is 4.36. The molecule has 0 radical (unpaired) electrons. The Morgan fingerprint density at radius 3 is 2.95 bits per heavy atom. The highest BCUT2D eigenvalue weighted by molar-refractivity contribution is 5.86. The van der Waals surface area contributed by atoms with Crippen LogP contribution < -0.4 is 9.47 Å². The number of hydrogen-bond donors (Lipinski definition) is 1. The molecule has 1 aromatic heterocycles. The van der Waals surface area contributed by atoms with Gasteiger partial charge in [-0.25, -0.2) is 9.78 Å². The van der Waals surface area contributed by atoms with Crippen molar-refractivity contribution in [2.45, 2.75) is 6.61 Å². The molecule has 0 aliphatic carbocycles. The van der Waals surface area contributed by atoms with Crippen molar-refractivity contribution in [2.24, 2.45) is 0 Å². The third kappa shape index (κ3) is 2.43. The van der Waals surface area contributed by atoms with Crippen LogP contribution in [0.1, 0.15) is 16.2 Å². The van der Waals surface area contributed by atoms with Gasteiger partial charge in [-0.3, -0.25) is 0 Å². The quantitative estimate of drug-likeness (QED) is 0.920. The fraction of sp³-hybridized carbons (Fsp3) is 0.286. The minimum absolute atomic E-state index is 0.0531. The highest BCUT2D eigenvalue weighted by Gasteiger charge is 2.24. The van der Waals surface area contributed by atoms with E-state index in [4.69, 9.17) is 23.7 Å². The Balaban J connectivity index is 2.08. The summed E-state index contributed by atoms with van der Waals surface area (Å²) in [4.78, 5) is 15.4. The van der Waals surface area contributed by atoms with E-state index in [1.54, 1.807) is 18.2 Å². The molecule has 0 saturated carbocycles. The predicted octanol–water partition coefficient (Wildman–Crippen LogP) is 1.96. The molecule has 2 heterocycles.